The monoisotopic (exact) mass is 655 g/mol. The fourth-order valence-corrected chi connectivity index (χ4v) is 5.09. The van der Waals surface area contributed by atoms with Crippen molar-refractivity contribution in [1.29, 1.82) is 0 Å². The van der Waals surface area contributed by atoms with E-state index in [4.69, 9.17) is 30.9 Å². The minimum atomic E-state index is -2.27. The number of aliphatic hydroxyl groups excluding tert-OH is 2. The number of nitrogens with one attached hydrogen (secondary N) is 1. The van der Waals surface area contributed by atoms with Crippen molar-refractivity contribution in [2.24, 2.45) is 16.3 Å². The maximum Gasteiger partial charge on any atom is 0.335 e. The van der Waals surface area contributed by atoms with Crippen LogP contribution in [0, 0.1) is 5.41 Å². The van der Waals surface area contributed by atoms with Crippen molar-refractivity contribution in [3.05, 3.63) is 71.8 Å². The molecule has 4 rings (SSSR count). The molecule has 2 aromatic carbocycles. The number of carbonyl (C=O) groups excluding carboxylic acids is 3. The first kappa shape index (κ1) is 36.8. The number of nitrogens with two attached hydrogens (primary N) is 1. The average Bonchev–Trinajstić information content (AvgIpc) is 3.28. The summed E-state index contributed by atoms with van der Waals surface area (Å²) in [4.78, 5) is 61.1. The zero-order valence-electron chi connectivity index (χ0n) is 26.4. The normalized spacial score (nSPS) is 19.4. The molecule has 0 spiro atoms. The van der Waals surface area contributed by atoms with Gasteiger partial charge in [-0.25, -0.2) is 14.6 Å². The van der Waals surface area contributed by atoms with Crippen LogP contribution in [0.3, 0.4) is 0 Å². The van der Waals surface area contributed by atoms with Crippen LogP contribution >= 0.6 is 0 Å². The maximum atomic E-state index is 13.8. The maximum absolute atomic E-state index is 13.8. The molecule has 47 heavy (non-hydrogen) atoms. The minimum Gasteiger partial charge on any atom is -0.479 e. The van der Waals surface area contributed by atoms with Crippen molar-refractivity contribution >= 4 is 35.4 Å². The number of hydrogen-bond donors (Lipinski definition) is 6. The summed E-state index contributed by atoms with van der Waals surface area (Å²) in [6, 6.07) is 18.4. The van der Waals surface area contributed by atoms with Crippen molar-refractivity contribution in [2.45, 2.75) is 57.1 Å². The van der Waals surface area contributed by atoms with Crippen LogP contribution in [0.2, 0.25) is 0 Å². The van der Waals surface area contributed by atoms with Gasteiger partial charge in [-0.05, 0) is 31.4 Å². The number of fused-ring (bicyclic) bond motifs is 1. The summed E-state index contributed by atoms with van der Waals surface area (Å²) in [6.45, 7) is 4.02. The van der Waals surface area contributed by atoms with Gasteiger partial charge in [0.15, 0.2) is 12.2 Å². The number of piperidine rings is 1. The van der Waals surface area contributed by atoms with Gasteiger partial charge in [0.25, 0.3) is 5.91 Å². The van der Waals surface area contributed by atoms with Gasteiger partial charge in [-0.2, -0.15) is 5.10 Å². The molecule has 254 valence electrons. The summed E-state index contributed by atoms with van der Waals surface area (Å²) < 4.78 is 5.85. The third-order valence-electron chi connectivity index (χ3n) is 7.66. The third kappa shape index (κ3) is 9.42. The third-order valence-corrected chi connectivity index (χ3v) is 7.66. The summed E-state index contributed by atoms with van der Waals surface area (Å²) in [5, 5.41) is 41.2. The number of aliphatic carboxylic acids is 2. The van der Waals surface area contributed by atoms with E-state index in [1.165, 1.54) is 5.01 Å². The second-order valence-corrected chi connectivity index (χ2v) is 11.9. The molecule has 2 aromatic rings. The average molecular weight is 656 g/mol. The molecule has 0 radical (unpaired) electrons. The van der Waals surface area contributed by atoms with Gasteiger partial charge in [0.05, 0.1) is 24.5 Å². The van der Waals surface area contributed by atoms with Gasteiger partial charge in [0.2, 0.25) is 11.8 Å². The second kappa shape index (κ2) is 15.7. The lowest BCUT2D eigenvalue weighted by atomic mass is 9.73. The smallest absolute Gasteiger partial charge is 0.335 e. The van der Waals surface area contributed by atoms with E-state index in [1.807, 2.05) is 60.7 Å². The number of carboxylic acid groups (broad SMARTS) is 2. The van der Waals surface area contributed by atoms with E-state index >= 15 is 0 Å². The van der Waals surface area contributed by atoms with E-state index < -0.39 is 47.0 Å². The molecule has 0 unspecified atom stereocenters. The first-order valence-corrected chi connectivity index (χ1v) is 14.8. The number of likely N-dealkylation sites (tertiary alicyclic amines) is 1. The van der Waals surface area contributed by atoms with Gasteiger partial charge in [0, 0.05) is 26.6 Å². The zero-order chi connectivity index (χ0) is 34.9. The minimum absolute atomic E-state index is 0.0213. The van der Waals surface area contributed by atoms with Gasteiger partial charge in [-0.15, -0.1) is 0 Å². The van der Waals surface area contributed by atoms with Crippen LogP contribution in [-0.4, -0.2) is 116 Å². The quantitative estimate of drug-likeness (QED) is 0.172. The molecule has 2 aliphatic heterocycles. The highest BCUT2D eigenvalue weighted by atomic mass is 16.5. The van der Waals surface area contributed by atoms with E-state index in [-0.39, 0.29) is 25.0 Å². The van der Waals surface area contributed by atoms with Crippen LogP contribution in [0.1, 0.15) is 31.4 Å². The SMILES string of the molecule is CN1N=C2CCN(C(=O)[C@@H](COCc3ccccc3)NC(=O)C(C)(C)N)C[C@@]2(Cc2ccccc2)C1=O.O=C(O)[C@@H](O)[C@@H](O)C(=O)O. The number of rotatable bonds is 12. The van der Waals surface area contributed by atoms with Crippen molar-refractivity contribution in [2.75, 3.05) is 26.7 Å². The van der Waals surface area contributed by atoms with Gasteiger partial charge in [-0.3, -0.25) is 14.4 Å². The Kier molecular flexibility index (Phi) is 12.3. The fraction of sp³-hybridized carbons (Fsp3) is 0.438. The molecule has 0 saturated carbocycles. The molecule has 7 N–H and O–H groups in total. The number of carbonyl (C=O) groups is 5. The molecular weight excluding hydrogens is 614 g/mol. The lowest BCUT2D eigenvalue weighted by molar-refractivity contribution is -0.165. The highest BCUT2D eigenvalue weighted by molar-refractivity contribution is 6.13. The molecule has 1 saturated heterocycles. The summed E-state index contributed by atoms with van der Waals surface area (Å²) in [5.74, 6) is -4.43. The van der Waals surface area contributed by atoms with Gasteiger partial charge < -0.3 is 41.1 Å². The summed E-state index contributed by atoms with van der Waals surface area (Å²) in [5.41, 5.74) is 6.63. The second-order valence-electron chi connectivity index (χ2n) is 11.9. The number of carboxylic acids is 2. The van der Waals surface area contributed by atoms with Gasteiger partial charge >= 0.3 is 11.9 Å². The molecule has 15 nitrogen and oxygen atoms in total. The predicted octanol–water partition coefficient (Wildman–Crippen LogP) is -0.408. The molecule has 15 heteroatoms. The summed E-state index contributed by atoms with van der Waals surface area (Å²) in [7, 11) is 1.65. The molecule has 3 amide bonds. The van der Waals surface area contributed by atoms with Crippen molar-refractivity contribution in [1.82, 2.24) is 15.2 Å². The Hall–Kier alpha value is -4.70. The number of aliphatic hydroxyl groups is 2. The van der Waals surface area contributed by atoms with Crippen LogP contribution in [0.25, 0.3) is 0 Å². The Balaban J connectivity index is 0.000000520. The first-order valence-electron chi connectivity index (χ1n) is 14.8. The van der Waals surface area contributed by atoms with Crippen LogP contribution in [-0.2, 0) is 41.7 Å². The van der Waals surface area contributed by atoms with Crippen LogP contribution in [0.15, 0.2) is 65.8 Å². The fourth-order valence-electron chi connectivity index (χ4n) is 5.09. The number of amides is 3. The Morgan fingerprint density at radius 3 is 2.02 bits per heavy atom. The van der Waals surface area contributed by atoms with Crippen molar-refractivity contribution in [3.63, 3.8) is 0 Å². The van der Waals surface area contributed by atoms with E-state index in [9.17, 15) is 24.0 Å². The van der Waals surface area contributed by atoms with E-state index in [0.717, 1.165) is 16.8 Å². The van der Waals surface area contributed by atoms with Crippen LogP contribution in [0.4, 0.5) is 0 Å². The largest absolute Gasteiger partial charge is 0.479 e. The Morgan fingerprint density at radius 2 is 1.51 bits per heavy atom. The Labute approximate surface area is 271 Å². The Morgan fingerprint density at radius 1 is 0.979 bits per heavy atom. The predicted molar refractivity (Wildman–Crippen MR) is 168 cm³/mol. The number of hydrazone groups is 1. The Bertz CT molecular complexity index is 1450. The summed E-state index contributed by atoms with van der Waals surface area (Å²) >= 11 is 0. The van der Waals surface area contributed by atoms with Crippen LogP contribution in [0.5, 0.6) is 0 Å². The van der Waals surface area contributed by atoms with E-state index in [1.54, 1.807) is 25.8 Å². The molecule has 2 aliphatic rings. The molecule has 0 aromatic heterocycles. The molecule has 0 bridgehead atoms. The molecule has 4 atom stereocenters. The topological polar surface area (TPSA) is 232 Å². The molecule has 1 fully saturated rings. The van der Waals surface area contributed by atoms with Gasteiger partial charge in [0.1, 0.15) is 11.5 Å². The highest BCUT2D eigenvalue weighted by Crippen LogP contribution is 2.38. The molecule has 2 heterocycles. The van der Waals surface area contributed by atoms with Crippen molar-refractivity contribution in [3.8, 4) is 0 Å². The van der Waals surface area contributed by atoms with E-state index in [0.29, 0.717) is 26.0 Å². The first-order chi connectivity index (χ1) is 22.1. The molecular formula is C32H41N5O10. The lowest BCUT2D eigenvalue weighted by Gasteiger charge is -2.40. The molecule has 0 aliphatic carbocycles. The van der Waals surface area contributed by atoms with E-state index in [2.05, 4.69) is 10.4 Å². The lowest BCUT2D eigenvalue weighted by Crippen LogP contribution is -2.61. The van der Waals surface area contributed by atoms with Crippen molar-refractivity contribution < 1.29 is 49.1 Å². The summed E-state index contributed by atoms with van der Waals surface area (Å²) in [6.07, 6.45) is -3.62. The highest BCUT2D eigenvalue weighted by Gasteiger charge is 2.54. The number of nitrogens with zero attached hydrogens (tertiary/aromatic N) is 3. The van der Waals surface area contributed by atoms with Gasteiger partial charge in [-0.1, -0.05) is 60.7 Å². The number of benzene rings is 2. The standard InChI is InChI=1S/C28H35N5O4.C4H6O6/c1-27(2,29)25(35)30-22(18-37-17-21-12-8-5-9-13-21)24(34)33-15-14-23-28(19-33,26(36)32(3)31-23)16-20-10-6-4-7-11-20;5-1(3(7)8)2(6)4(9)10/h4-13,22H,14-19,29H2,1-3H3,(H,30,35);1-2,5-6H,(H,7,8)(H,9,10)/t22-,28-;1-,2+/m1./s1. The number of ether oxygens (including phenoxy) is 1. The van der Waals surface area contributed by atoms with Crippen LogP contribution < -0.4 is 11.1 Å². The number of hydrogen-bond acceptors (Lipinski definition) is 10. The zero-order valence-corrected chi connectivity index (χ0v) is 26.4.